The van der Waals surface area contributed by atoms with Gasteiger partial charge in [0, 0.05) is 22.3 Å². The zero-order chi connectivity index (χ0) is 13.2. The summed E-state index contributed by atoms with van der Waals surface area (Å²) >= 11 is 11.8. The Labute approximate surface area is 117 Å². The molecular formula is C13H16Cl2N2O. The molecule has 18 heavy (non-hydrogen) atoms. The number of carbonyl (C=O) groups excluding carboxylic acids is 1. The topological polar surface area (TPSA) is 41.1 Å². The van der Waals surface area contributed by atoms with E-state index < -0.39 is 0 Å². The van der Waals surface area contributed by atoms with E-state index in [9.17, 15) is 4.79 Å². The number of benzene rings is 1. The number of hydrogen-bond donors (Lipinski definition) is 2. The molecule has 0 aromatic heterocycles. The third kappa shape index (κ3) is 3.16. The summed E-state index contributed by atoms with van der Waals surface area (Å²) in [6.07, 6.45) is 1.90. The number of carbonyl (C=O) groups is 1. The van der Waals surface area contributed by atoms with Gasteiger partial charge < -0.3 is 10.6 Å². The minimum atomic E-state index is -0.368. The Morgan fingerprint density at radius 2 is 2.00 bits per heavy atom. The second-order valence-electron chi connectivity index (χ2n) is 4.95. The third-order valence-electron chi connectivity index (χ3n) is 3.27. The van der Waals surface area contributed by atoms with Crippen molar-refractivity contribution in [1.29, 1.82) is 0 Å². The highest BCUT2D eigenvalue weighted by atomic mass is 35.5. The molecule has 1 atom stereocenters. The predicted molar refractivity (Wildman–Crippen MR) is 75.3 cm³/mol. The molecule has 3 nitrogen and oxygen atoms in total. The normalized spacial score (nSPS) is 23.7. The lowest BCUT2D eigenvalue weighted by Crippen LogP contribution is -2.46. The van der Waals surface area contributed by atoms with Crippen molar-refractivity contribution in [2.24, 2.45) is 5.41 Å². The molecule has 5 heteroatoms. The van der Waals surface area contributed by atoms with Crippen molar-refractivity contribution in [2.75, 3.05) is 18.4 Å². The average molecular weight is 287 g/mol. The van der Waals surface area contributed by atoms with Crippen LogP contribution in [0.4, 0.5) is 5.69 Å². The van der Waals surface area contributed by atoms with Gasteiger partial charge in [0.1, 0.15) is 0 Å². The van der Waals surface area contributed by atoms with Crippen LogP contribution in [-0.2, 0) is 4.79 Å². The summed E-state index contributed by atoms with van der Waals surface area (Å²) < 4.78 is 0. The molecule has 0 bridgehead atoms. The lowest BCUT2D eigenvalue weighted by Gasteiger charge is -2.32. The van der Waals surface area contributed by atoms with Crippen LogP contribution in [0.3, 0.4) is 0 Å². The molecule has 1 aromatic rings. The van der Waals surface area contributed by atoms with Crippen molar-refractivity contribution < 1.29 is 4.79 Å². The lowest BCUT2D eigenvalue weighted by molar-refractivity contribution is -0.125. The van der Waals surface area contributed by atoms with Gasteiger partial charge in [-0.1, -0.05) is 23.2 Å². The fourth-order valence-corrected chi connectivity index (χ4v) is 2.68. The molecule has 98 valence electrons. The number of amides is 1. The maximum atomic E-state index is 12.3. The molecule has 1 fully saturated rings. The number of nitrogens with one attached hydrogen (secondary N) is 2. The Kier molecular flexibility index (Phi) is 4.15. The van der Waals surface area contributed by atoms with Crippen LogP contribution < -0.4 is 10.6 Å². The van der Waals surface area contributed by atoms with Crippen molar-refractivity contribution in [1.82, 2.24) is 5.32 Å². The standard InChI is InChI=1S/C13H16Cl2N2O/c1-13(3-2-4-16-8-13)12(18)17-11-6-9(14)5-10(15)7-11/h5-7,16H,2-4,8H2,1H3,(H,17,18). The highest BCUT2D eigenvalue weighted by molar-refractivity contribution is 6.35. The Morgan fingerprint density at radius 3 is 2.56 bits per heavy atom. The van der Waals surface area contributed by atoms with E-state index in [2.05, 4.69) is 10.6 Å². The van der Waals surface area contributed by atoms with Crippen LogP contribution in [0, 0.1) is 5.41 Å². The van der Waals surface area contributed by atoms with Gasteiger partial charge in [-0.05, 0) is 44.5 Å². The quantitative estimate of drug-likeness (QED) is 0.876. The van der Waals surface area contributed by atoms with E-state index in [1.54, 1.807) is 18.2 Å². The highest BCUT2D eigenvalue weighted by Gasteiger charge is 2.34. The SMILES string of the molecule is CC1(C(=O)Nc2cc(Cl)cc(Cl)c2)CCCNC1. The zero-order valence-corrected chi connectivity index (χ0v) is 11.7. The Hall–Kier alpha value is -0.770. The Bertz CT molecular complexity index is 436. The summed E-state index contributed by atoms with van der Waals surface area (Å²) in [6.45, 7) is 3.65. The average Bonchev–Trinajstić information content (AvgIpc) is 2.28. The maximum absolute atomic E-state index is 12.3. The van der Waals surface area contributed by atoms with Gasteiger partial charge in [0.25, 0.3) is 0 Å². The van der Waals surface area contributed by atoms with Gasteiger partial charge in [-0.3, -0.25) is 4.79 Å². The summed E-state index contributed by atoms with van der Waals surface area (Å²) in [7, 11) is 0. The number of rotatable bonds is 2. The second kappa shape index (κ2) is 5.47. The summed E-state index contributed by atoms with van der Waals surface area (Å²) in [5.74, 6) is 0.00744. The second-order valence-corrected chi connectivity index (χ2v) is 5.83. The summed E-state index contributed by atoms with van der Waals surface area (Å²) in [5.41, 5.74) is 0.275. The molecule has 0 aliphatic carbocycles. The molecule has 1 aromatic carbocycles. The first-order valence-corrected chi connectivity index (χ1v) is 6.73. The molecular weight excluding hydrogens is 271 g/mol. The Balaban J connectivity index is 2.10. The van der Waals surface area contributed by atoms with Crippen LogP contribution >= 0.6 is 23.2 Å². The predicted octanol–water partition coefficient (Wildman–Crippen LogP) is 3.32. The molecule has 1 amide bonds. The first-order valence-electron chi connectivity index (χ1n) is 5.98. The van der Waals surface area contributed by atoms with Gasteiger partial charge in [-0.25, -0.2) is 0 Å². The molecule has 1 unspecified atom stereocenters. The van der Waals surface area contributed by atoms with E-state index in [-0.39, 0.29) is 11.3 Å². The van der Waals surface area contributed by atoms with Gasteiger partial charge in [0.05, 0.1) is 5.41 Å². The maximum Gasteiger partial charge on any atom is 0.231 e. The summed E-state index contributed by atoms with van der Waals surface area (Å²) in [6, 6.07) is 5.04. The first-order chi connectivity index (χ1) is 8.49. The third-order valence-corrected chi connectivity index (χ3v) is 3.70. The van der Waals surface area contributed by atoms with Crippen molar-refractivity contribution in [2.45, 2.75) is 19.8 Å². The largest absolute Gasteiger partial charge is 0.325 e. The zero-order valence-electron chi connectivity index (χ0n) is 10.2. The molecule has 1 saturated heterocycles. The van der Waals surface area contributed by atoms with Crippen molar-refractivity contribution >= 4 is 34.8 Å². The van der Waals surface area contributed by atoms with E-state index in [0.717, 1.165) is 19.4 Å². The minimum absolute atomic E-state index is 0.00744. The molecule has 0 radical (unpaired) electrons. The Morgan fingerprint density at radius 1 is 1.33 bits per heavy atom. The minimum Gasteiger partial charge on any atom is -0.325 e. The highest BCUT2D eigenvalue weighted by Crippen LogP contribution is 2.29. The lowest BCUT2D eigenvalue weighted by atomic mass is 9.82. The summed E-state index contributed by atoms with van der Waals surface area (Å²) in [5, 5.41) is 7.17. The van der Waals surface area contributed by atoms with Crippen LogP contribution in [-0.4, -0.2) is 19.0 Å². The number of piperidine rings is 1. The van der Waals surface area contributed by atoms with Gasteiger partial charge in [0.2, 0.25) is 5.91 Å². The first kappa shape index (κ1) is 13.7. The smallest absolute Gasteiger partial charge is 0.231 e. The van der Waals surface area contributed by atoms with Gasteiger partial charge in [-0.15, -0.1) is 0 Å². The molecule has 0 saturated carbocycles. The van der Waals surface area contributed by atoms with Crippen LogP contribution in [0.25, 0.3) is 0 Å². The fourth-order valence-electron chi connectivity index (χ4n) is 2.16. The molecule has 1 aliphatic heterocycles. The van der Waals surface area contributed by atoms with E-state index >= 15 is 0 Å². The molecule has 0 spiro atoms. The molecule has 1 heterocycles. The fraction of sp³-hybridized carbons (Fsp3) is 0.462. The number of anilines is 1. The molecule has 2 rings (SSSR count). The van der Waals surface area contributed by atoms with Crippen molar-refractivity contribution in [3.63, 3.8) is 0 Å². The monoisotopic (exact) mass is 286 g/mol. The van der Waals surface area contributed by atoms with E-state index in [4.69, 9.17) is 23.2 Å². The number of hydrogen-bond acceptors (Lipinski definition) is 2. The van der Waals surface area contributed by atoms with Crippen molar-refractivity contribution in [3.8, 4) is 0 Å². The van der Waals surface area contributed by atoms with Crippen LogP contribution in [0.15, 0.2) is 18.2 Å². The number of halogens is 2. The van der Waals surface area contributed by atoms with Crippen LogP contribution in [0.5, 0.6) is 0 Å². The molecule has 2 N–H and O–H groups in total. The van der Waals surface area contributed by atoms with Crippen LogP contribution in [0.2, 0.25) is 10.0 Å². The molecule has 1 aliphatic rings. The van der Waals surface area contributed by atoms with Gasteiger partial charge in [-0.2, -0.15) is 0 Å². The van der Waals surface area contributed by atoms with E-state index in [1.165, 1.54) is 0 Å². The summed E-state index contributed by atoms with van der Waals surface area (Å²) in [4.78, 5) is 12.3. The van der Waals surface area contributed by atoms with Gasteiger partial charge >= 0.3 is 0 Å². The van der Waals surface area contributed by atoms with E-state index in [0.29, 0.717) is 22.3 Å². The van der Waals surface area contributed by atoms with Gasteiger partial charge in [0.15, 0.2) is 0 Å². The van der Waals surface area contributed by atoms with Crippen molar-refractivity contribution in [3.05, 3.63) is 28.2 Å². The van der Waals surface area contributed by atoms with Crippen LogP contribution in [0.1, 0.15) is 19.8 Å². The van der Waals surface area contributed by atoms with E-state index in [1.807, 2.05) is 6.92 Å².